The smallest absolute Gasteiger partial charge is 0.250 e. The predicted octanol–water partition coefficient (Wildman–Crippen LogP) is 3.05. The largest absolute Gasteiger partial charge is 0.383 e. The molecule has 0 atom stereocenters. The van der Waals surface area contributed by atoms with Gasteiger partial charge in [0.2, 0.25) is 0 Å². The number of benzene rings is 1. The maximum Gasteiger partial charge on any atom is 0.250 e. The van der Waals surface area contributed by atoms with Crippen LogP contribution in [0.4, 0.5) is 0 Å². The maximum absolute atomic E-state index is 12.0. The number of aromatic nitrogens is 1. The fraction of sp³-hybridized carbons (Fsp3) is 0.500. The van der Waals surface area contributed by atoms with Crippen LogP contribution in [-0.2, 0) is 16.1 Å². The molecule has 114 valence electrons. The van der Waals surface area contributed by atoms with Crippen LogP contribution in [0.1, 0.15) is 25.0 Å². The number of nitrogens with zero attached hydrogens (tertiary/aromatic N) is 2. The van der Waals surface area contributed by atoms with Gasteiger partial charge < -0.3 is 9.30 Å². The molecular weight excluding hydrogens is 284 g/mol. The predicted molar refractivity (Wildman–Crippen MR) is 86.6 cm³/mol. The van der Waals surface area contributed by atoms with Crippen LogP contribution in [-0.4, -0.2) is 24.2 Å². The van der Waals surface area contributed by atoms with Crippen molar-refractivity contribution in [1.82, 2.24) is 4.57 Å². The molecule has 4 nitrogen and oxygen atoms in total. The van der Waals surface area contributed by atoms with Crippen molar-refractivity contribution in [1.29, 1.82) is 0 Å². The number of hydrogen-bond acceptors (Lipinski definition) is 3. The fourth-order valence-corrected chi connectivity index (χ4v) is 3.53. The Balaban J connectivity index is 2.69. The third-order valence-corrected chi connectivity index (χ3v) is 4.36. The van der Waals surface area contributed by atoms with E-state index >= 15 is 0 Å². The molecule has 0 N–H and O–H groups in total. The Morgan fingerprint density at radius 3 is 2.71 bits per heavy atom. The minimum atomic E-state index is -0.0890. The Morgan fingerprint density at radius 2 is 2.10 bits per heavy atom. The molecule has 0 unspecified atom stereocenters. The van der Waals surface area contributed by atoms with Gasteiger partial charge in [-0.15, -0.1) is 0 Å². The second kappa shape index (κ2) is 6.54. The number of hydrogen-bond donors (Lipinski definition) is 0. The van der Waals surface area contributed by atoms with Crippen molar-refractivity contribution in [2.24, 2.45) is 10.9 Å². The molecule has 0 fully saturated rings. The van der Waals surface area contributed by atoms with E-state index in [0.29, 0.717) is 13.2 Å². The minimum absolute atomic E-state index is 0.0814. The summed E-state index contributed by atoms with van der Waals surface area (Å²) in [6.45, 7) is 9.22. The molecule has 1 aromatic carbocycles. The molecule has 1 amide bonds. The Bertz CT molecular complexity index is 726. The number of carbonyl (C=O) groups is 1. The average molecular weight is 306 g/mol. The molecule has 2 aromatic rings. The van der Waals surface area contributed by atoms with Crippen molar-refractivity contribution in [3.63, 3.8) is 0 Å². The van der Waals surface area contributed by atoms with Crippen molar-refractivity contribution in [2.75, 3.05) is 13.7 Å². The highest BCUT2D eigenvalue weighted by Gasteiger charge is 2.12. The quantitative estimate of drug-likeness (QED) is 0.871. The van der Waals surface area contributed by atoms with Crippen LogP contribution in [0, 0.1) is 19.8 Å². The van der Waals surface area contributed by atoms with Gasteiger partial charge in [0, 0.05) is 19.6 Å². The van der Waals surface area contributed by atoms with E-state index in [2.05, 4.69) is 35.5 Å². The summed E-state index contributed by atoms with van der Waals surface area (Å²) in [6.07, 6.45) is 0. The number of fused-ring (bicyclic) bond motifs is 1. The molecule has 0 radical (unpaired) electrons. The van der Waals surface area contributed by atoms with Gasteiger partial charge in [0.15, 0.2) is 4.80 Å². The van der Waals surface area contributed by atoms with E-state index < -0.39 is 0 Å². The zero-order valence-corrected chi connectivity index (χ0v) is 14.1. The number of aryl methyl sites for hydroxylation is 2. The average Bonchev–Trinajstić information content (AvgIpc) is 2.73. The second-order valence-electron chi connectivity index (χ2n) is 5.56. The van der Waals surface area contributed by atoms with Gasteiger partial charge in [-0.2, -0.15) is 4.99 Å². The summed E-state index contributed by atoms with van der Waals surface area (Å²) in [7, 11) is 1.68. The van der Waals surface area contributed by atoms with Gasteiger partial charge in [-0.25, -0.2) is 0 Å². The molecule has 0 bridgehead atoms. The van der Waals surface area contributed by atoms with Crippen LogP contribution < -0.4 is 4.80 Å². The standard InChI is InChI=1S/C16H22N2O2S/c1-10(2)15(19)17-16-18(6-7-20-5)14-12(4)8-11(3)9-13(14)21-16/h8-10H,6-7H2,1-5H3. The molecule has 21 heavy (non-hydrogen) atoms. The van der Waals surface area contributed by atoms with E-state index in [4.69, 9.17) is 4.74 Å². The molecule has 0 saturated carbocycles. The SMILES string of the molecule is COCCn1c(=NC(=O)C(C)C)sc2cc(C)cc(C)c21. The summed E-state index contributed by atoms with van der Waals surface area (Å²) < 4.78 is 8.45. The first-order valence-electron chi connectivity index (χ1n) is 7.12. The van der Waals surface area contributed by atoms with Crippen molar-refractivity contribution >= 4 is 27.5 Å². The van der Waals surface area contributed by atoms with Gasteiger partial charge in [-0.3, -0.25) is 4.79 Å². The van der Waals surface area contributed by atoms with Crippen LogP contribution in [0.2, 0.25) is 0 Å². The summed E-state index contributed by atoms with van der Waals surface area (Å²) in [5, 5.41) is 0. The van der Waals surface area contributed by atoms with Crippen molar-refractivity contribution in [3.05, 3.63) is 28.1 Å². The molecule has 1 heterocycles. The zero-order valence-electron chi connectivity index (χ0n) is 13.3. The molecule has 2 rings (SSSR count). The van der Waals surface area contributed by atoms with Crippen LogP contribution in [0.15, 0.2) is 17.1 Å². The summed E-state index contributed by atoms with van der Waals surface area (Å²) >= 11 is 1.57. The van der Waals surface area contributed by atoms with Crippen LogP contribution in [0.5, 0.6) is 0 Å². The first-order chi connectivity index (χ1) is 9.93. The Hall–Kier alpha value is -1.46. The number of amides is 1. The van der Waals surface area contributed by atoms with E-state index in [9.17, 15) is 4.79 Å². The zero-order chi connectivity index (χ0) is 15.6. The van der Waals surface area contributed by atoms with Crippen LogP contribution >= 0.6 is 11.3 Å². The van der Waals surface area contributed by atoms with Gasteiger partial charge in [0.1, 0.15) is 0 Å². The highest BCUT2D eigenvalue weighted by Crippen LogP contribution is 2.23. The Kier molecular flexibility index (Phi) is 4.96. The van der Waals surface area contributed by atoms with Crippen LogP contribution in [0.3, 0.4) is 0 Å². The van der Waals surface area contributed by atoms with Gasteiger partial charge in [0.05, 0.1) is 16.8 Å². The number of methoxy groups -OCH3 is 1. The van der Waals surface area contributed by atoms with Gasteiger partial charge in [-0.05, 0) is 31.0 Å². The first-order valence-corrected chi connectivity index (χ1v) is 7.93. The van der Waals surface area contributed by atoms with Gasteiger partial charge in [0.25, 0.3) is 5.91 Å². The van der Waals surface area contributed by atoms with Crippen molar-refractivity contribution in [2.45, 2.75) is 34.2 Å². The lowest BCUT2D eigenvalue weighted by atomic mass is 10.1. The number of rotatable bonds is 4. The molecule has 0 aliphatic heterocycles. The third-order valence-electron chi connectivity index (χ3n) is 3.33. The maximum atomic E-state index is 12.0. The topological polar surface area (TPSA) is 43.6 Å². The lowest BCUT2D eigenvalue weighted by Crippen LogP contribution is -2.20. The Morgan fingerprint density at radius 1 is 1.38 bits per heavy atom. The fourth-order valence-electron chi connectivity index (χ4n) is 2.29. The number of carbonyl (C=O) groups excluding carboxylic acids is 1. The highest BCUT2D eigenvalue weighted by molar-refractivity contribution is 7.16. The van der Waals surface area contributed by atoms with Crippen molar-refractivity contribution < 1.29 is 9.53 Å². The van der Waals surface area contributed by atoms with E-state index in [0.717, 1.165) is 10.3 Å². The van der Waals surface area contributed by atoms with E-state index in [-0.39, 0.29) is 11.8 Å². The molecule has 0 aliphatic rings. The molecule has 0 aliphatic carbocycles. The summed E-state index contributed by atoms with van der Waals surface area (Å²) in [4.78, 5) is 17.0. The molecule has 1 aromatic heterocycles. The minimum Gasteiger partial charge on any atom is -0.383 e. The lowest BCUT2D eigenvalue weighted by molar-refractivity contribution is -0.120. The van der Waals surface area contributed by atoms with Gasteiger partial charge >= 0.3 is 0 Å². The molecular formula is C16H22N2O2S. The van der Waals surface area contributed by atoms with E-state index in [1.54, 1.807) is 18.4 Å². The highest BCUT2D eigenvalue weighted by atomic mass is 32.1. The van der Waals surface area contributed by atoms with Crippen LogP contribution in [0.25, 0.3) is 10.2 Å². The van der Waals surface area contributed by atoms with E-state index in [1.807, 2.05) is 13.8 Å². The summed E-state index contributed by atoms with van der Waals surface area (Å²) in [6, 6.07) is 4.31. The Labute approximate surface area is 129 Å². The molecule has 0 spiro atoms. The van der Waals surface area contributed by atoms with E-state index in [1.165, 1.54) is 15.8 Å². The monoisotopic (exact) mass is 306 g/mol. The number of ether oxygens (including phenoxy) is 1. The molecule has 5 heteroatoms. The molecule has 0 saturated heterocycles. The second-order valence-corrected chi connectivity index (χ2v) is 6.57. The third kappa shape index (κ3) is 3.41. The van der Waals surface area contributed by atoms with Crippen molar-refractivity contribution in [3.8, 4) is 0 Å². The summed E-state index contributed by atoms with van der Waals surface area (Å²) in [5.41, 5.74) is 3.58. The summed E-state index contributed by atoms with van der Waals surface area (Å²) in [5.74, 6) is -0.170. The number of thiazole rings is 1. The van der Waals surface area contributed by atoms with Gasteiger partial charge in [-0.1, -0.05) is 31.3 Å². The normalized spacial score (nSPS) is 12.6. The first kappa shape index (κ1) is 15.9. The lowest BCUT2D eigenvalue weighted by Gasteiger charge is -2.07.